The van der Waals surface area contributed by atoms with E-state index in [1.807, 2.05) is 62.2 Å². The summed E-state index contributed by atoms with van der Waals surface area (Å²) in [5, 5.41) is 0. The molecule has 0 aliphatic carbocycles. The maximum absolute atomic E-state index is 12.8. The van der Waals surface area contributed by atoms with Crippen LogP contribution in [0.5, 0.6) is 0 Å². The highest BCUT2D eigenvalue weighted by Gasteiger charge is 2.27. The van der Waals surface area contributed by atoms with Crippen LogP contribution in [0.25, 0.3) is 0 Å². The zero-order valence-corrected chi connectivity index (χ0v) is 16.8. The third-order valence-corrected chi connectivity index (χ3v) is 4.40. The Morgan fingerprint density at radius 2 is 1.74 bits per heavy atom. The molecule has 0 bridgehead atoms. The Morgan fingerprint density at radius 3 is 2.37 bits per heavy atom. The molecule has 2 rings (SSSR count). The van der Waals surface area contributed by atoms with Crippen LogP contribution in [0.3, 0.4) is 0 Å². The number of hydrogen-bond donors (Lipinski definition) is 0. The minimum Gasteiger partial charge on any atom is -0.466 e. The van der Waals surface area contributed by atoms with Crippen LogP contribution in [0.1, 0.15) is 51.8 Å². The number of carbonyl (C=O) groups is 2. The molecule has 0 spiro atoms. The van der Waals surface area contributed by atoms with Crippen molar-refractivity contribution in [2.45, 2.75) is 59.2 Å². The van der Waals surface area contributed by atoms with Crippen molar-refractivity contribution in [2.75, 3.05) is 6.61 Å². The molecule has 0 saturated heterocycles. The average Bonchev–Trinajstić information content (AvgIpc) is 3.04. The molecule has 0 saturated carbocycles. The molecule has 0 N–H and O–H groups in total. The van der Waals surface area contributed by atoms with Gasteiger partial charge in [0.1, 0.15) is 0 Å². The summed E-state index contributed by atoms with van der Waals surface area (Å²) in [6.07, 6.45) is 2.31. The van der Waals surface area contributed by atoms with Gasteiger partial charge in [0.15, 0.2) is 0 Å². The molecular weight excluding hydrogens is 340 g/mol. The summed E-state index contributed by atoms with van der Waals surface area (Å²) in [6, 6.07) is 14.3. The zero-order chi connectivity index (χ0) is 19.9. The average molecular weight is 370 g/mol. The third-order valence-electron chi connectivity index (χ3n) is 4.40. The molecule has 5 nitrogen and oxygen atoms in total. The predicted molar refractivity (Wildman–Crippen MR) is 106 cm³/mol. The molecule has 0 atom stereocenters. The molecule has 5 heteroatoms. The van der Waals surface area contributed by atoms with E-state index in [0.29, 0.717) is 13.2 Å². The third kappa shape index (κ3) is 6.27. The summed E-state index contributed by atoms with van der Waals surface area (Å²) in [5.74, 6) is -0.366. The summed E-state index contributed by atoms with van der Waals surface area (Å²) in [5.41, 5.74) is 1.94. The fourth-order valence-corrected chi connectivity index (χ4v) is 2.97. The summed E-state index contributed by atoms with van der Waals surface area (Å²) in [6.45, 7) is 9.41. The van der Waals surface area contributed by atoms with Gasteiger partial charge in [-0.3, -0.25) is 9.59 Å². The van der Waals surface area contributed by atoms with E-state index in [1.165, 1.54) is 5.56 Å². The Morgan fingerprint density at radius 1 is 1.04 bits per heavy atom. The topological polar surface area (TPSA) is 51.5 Å². The molecule has 0 aliphatic rings. The van der Waals surface area contributed by atoms with Gasteiger partial charge in [-0.2, -0.15) is 0 Å². The molecule has 1 heterocycles. The predicted octanol–water partition coefficient (Wildman–Crippen LogP) is 4.01. The van der Waals surface area contributed by atoms with Gasteiger partial charge in [-0.1, -0.05) is 30.3 Å². The lowest BCUT2D eigenvalue weighted by molar-refractivity contribution is -0.147. The van der Waals surface area contributed by atoms with Gasteiger partial charge in [0.05, 0.1) is 19.6 Å². The number of benzene rings is 1. The van der Waals surface area contributed by atoms with Crippen molar-refractivity contribution in [3.05, 3.63) is 59.9 Å². The first kappa shape index (κ1) is 20.7. The Bertz CT molecular complexity index is 744. The second-order valence-corrected chi connectivity index (χ2v) is 7.57. The number of esters is 1. The van der Waals surface area contributed by atoms with E-state index < -0.39 is 0 Å². The minimum atomic E-state index is -0.340. The molecule has 1 amide bonds. The van der Waals surface area contributed by atoms with Crippen molar-refractivity contribution < 1.29 is 14.3 Å². The monoisotopic (exact) mass is 370 g/mol. The van der Waals surface area contributed by atoms with Gasteiger partial charge in [0.25, 0.3) is 0 Å². The van der Waals surface area contributed by atoms with Crippen LogP contribution in [0, 0.1) is 0 Å². The quantitative estimate of drug-likeness (QED) is 0.660. The van der Waals surface area contributed by atoms with E-state index in [1.54, 1.807) is 6.92 Å². The lowest BCUT2D eigenvalue weighted by Crippen LogP contribution is -2.45. The van der Waals surface area contributed by atoms with Gasteiger partial charge in [0, 0.05) is 30.4 Å². The van der Waals surface area contributed by atoms with Crippen molar-refractivity contribution in [1.82, 2.24) is 9.47 Å². The highest BCUT2D eigenvalue weighted by Crippen LogP contribution is 2.20. The summed E-state index contributed by atoms with van der Waals surface area (Å²) >= 11 is 0. The summed E-state index contributed by atoms with van der Waals surface area (Å²) in [7, 11) is 0. The number of carbonyl (C=O) groups excluding carboxylic acids is 2. The normalized spacial score (nSPS) is 11.3. The first-order chi connectivity index (χ1) is 12.8. The summed E-state index contributed by atoms with van der Waals surface area (Å²) in [4.78, 5) is 26.2. The van der Waals surface area contributed by atoms with Gasteiger partial charge >= 0.3 is 5.97 Å². The Labute approximate surface area is 161 Å². The van der Waals surface area contributed by atoms with Gasteiger partial charge < -0.3 is 14.2 Å². The van der Waals surface area contributed by atoms with Crippen LogP contribution in [0.2, 0.25) is 0 Å². The van der Waals surface area contributed by atoms with Gasteiger partial charge in [0.2, 0.25) is 5.91 Å². The Kier molecular flexibility index (Phi) is 7.22. The van der Waals surface area contributed by atoms with Crippen LogP contribution in [-0.2, 0) is 27.4 Å². The zero-order valence-electron chi connectivity index (χ0n) is 16.8. The SMILES string of the molecule is CCOC(=O)CCC(=O)N(Cc1cccn1Cc1ccccc1)C(C)(C)C. The molecule has 1 aromatic carbocycles. The van der Waals surface area contributed by atoms with Gasteiger partial charge in [-0.25, -0.2) is 0 Å². The molecule has 2 aromatic rings. The van der Waals surface area contributed by atoms with Crippen molar-refractivity contribution >= 4 is 11.9 Å². The minimum absolute atomic E-state index is 0.0389. The molecule has 27 heavy (non-hydrogen) atoms. The van der Waals surface area contributed by atoms with Crippen LogP contribution < -0.4 is 0 Å². The fourth-order valence-electron chi connectivity index (χ4n) is 2.97. The molecule has 0 aliphatic heterocycles. The molecule has 1 aromatic heterocycles. The van der Waals surface area contributed by atoms with Crippen LogP contribution in [-0.4, -0.2) is 33.5 Å². The van der Waals surface area contributed by atoms with E-state index in [0.717, 1.165) is 12.2 Å². The molecular formula is C22H30N2O3. The van der Waals surface area contributed by atoms with E-state index in [9.17, 15) is 9.59 Å². The standard InChI is InChI=1S/C22H30N2O3/c1-5-27-21(26)14-13-20(25)24(22(2,3)4)17-19-12-9-15-23(19)16-18-10-7-6-8-11-18/h6-12,15H,5,13-14,16-17H2,1-4H3. The van der Waals surface area contributed by atoms with Gasteiger partial charge in [-0.05, 0) is 45.4 Å². The number of nitrogens with zero attached hydrogens (tertiary/aromatic N) is 2. The van der Waals surface area contributed by atoms with Gasteiger partial charge in [-0.15, -0.1) is 0 Å². The van der Waals surface area contributed by atoms with Crippen molar-refractivity contribution in [3.63, 3.8) is 0 Å². The lowest BCUT2D eigenvalue weighted by atomic mass is 10.0. The highest BCUT2D eigenvalue weighted by atomic mass is 16.5. The maximum atomic E-state index is 12.8. The number of rotatable bonds is 8. The van der Waals surface area contributed by atoms with Crippen LogP contribution in [0.4, 0.5) is 0 Å². The molecule has 0 unspecified atom stereocenters. The maximum Gasteiger partial charge on any atom is 0.306 e. The van der Waals surface area contributed by atoms with Crippen molar-refractivity contribution in [1.29, 1.82) is 0 Å². The summed E-state index contributed by atoms with van der Waals surface area (Å²) < 4.78 is 7.09. The lowest BCUT2D eigenvalue weighted by Gasteiger charge is -2.36. The Balaban J connectivity index is 2.10. The van der Waals surface area contributed by atoms with Crippen molar-refractivity contribution in [3.8, 4) is 0 Å². The molecule has 0 fully saturated rings. The Hall–Kier alpha value is -2.56. The van der Waals surface area contributed by atoms with E-state index in [2.05, 4.69) is 16.7 Å². The van der Waals surface area contributed by atoms with E-state index >= 15 is 0 Å². The largest absolute Gasteiger partial charge is 0.466 e. The van der Waals surface area contributed by atoms with Crippen LogP contribution >= 0.6 is 0 Å². The van der Waals surface area contributed by atoms with Crippen LogP contribution in [0.15, 0.2) is 48.7 Å². The molecule has 0 radical (unpaired) electrons. The van der Waals surface area contributed by atoms with E-state index in [-0.39, 0.29) is 30.3 Å². The highest BCUT2D eigenvalue weighted by molar-refractivity contribution is 5.81. The first-order valence-electron chi connectivity index (χ1n) is 9.45. The number of ether oxygens (including phenoxy) is 1. The smallest absolute Gasteiger partial charge is 0.306 e. The second-order valence-electron chi connectivity index (χ2n) is 7.57. The second kappa shape index (κ2) is 9.40. The fraction of sp³-hybridized carbons (Fsp3) is 0.455. The van der Waals surface area contributed by atoms with E-state index in [4.69, 9.17) is 4.74 Å². The first-order valence-corrected chi connectivity index (χ1v) is 9.45. The number of amides is 1. The number of aromatic nitrogens is 1. The number of hydrogen-bond acceptors (Lipinski definition) is 3. The van der Waals surface area contributed by atoms with Crippen molar-refractivity contribution in [2.24, 2.45) is 0 Å². The molecule has 146 valence electrons.